The highest BCUT2D eigenvalue weighted by Gasteiger charge is 2.22. The second-order valence-electron chi connectivity index (χ2n) is 4.01. The van der Waals surface area contributed by atoms with Crippen LogP contribution in [-0.2, 0) is 11.3 Å². The van der Waals surface area contributed by atoms with E-state index in [2.05, 4.69) is 10.1 Å². The van der Waals surface area contributed by atoms with Gasteiger partial charge in [0.2, 0.25) is 0 Å². The molecular formula is C11H14N4O. The summed E-state index contributed by atoms with van der Waals surface area (Å²) in [5, 5.41) is 4.41. The number of rotatable bonds is 2. The average Bonchev–Trinajstić information content (AvgIpc) is 2.96. The van der Waals surface area contributed by atoms with Gasteiger partial charge in [0.25, 0.3) is 0 Å². The Balaban J connectivity index is 2.01. The predicted molar refractivity (Wildman–Crippen MR) is 58.8 cm³/mol. The normalized spacial score (nSPS) is 20.7. The number of fused-ring (bicyclic) bond motifs is 1. The molecule has 1 aliphatic heterocycles. The lowest BCUT2D eigenvalue weighted by Gasteiger charge is -2.01. The third-order valence-electron chi connectivity index (χ3n) is 2.87. The van der Waals surface area contributed by atoms with Crippen LogP contribution in [0, 0.1) is 0 Å². The molecular weight excluding hydrogens is 204 g/mol. The first-order valence-electron chi connectivity index (χ1n) is 5.54. The Morgan fingerprint density at radius 3 is 3.25 bits per heavy atom. The molecule has 1 unspecified atom stereocenters. The molecule has 1 fully saturated rings. The molecule has 5 heteroatoms. The molecule has 0 bridgehead atoms. The van der Waals surface area contributed by atoms with Gasteiger partial charge in [-0.3, -0.25) is 0 Å². The topological polar surface area (TPSA) is 65.4 Å². The quantitative estimate of drug-likeness (QED) is 0.818. The molecule has 1 atom stereocenters. The van der Waals surface area contributed by atoms with Crippen molar-refractivity contribution in [1.82, 2.24) is 14.6 Å². The Labute approximate surface area is 93.2 Å². The highest BCUT2D eigenvalue weighted by molar-refractivity contribution is 5.40. The van der Waals surface area contributed by atoms with Gasteiger partial charge in [0.05, 0.1) is 0 Å². The van der Waals surface area contributed by atoms with Crippen molar-refractivity contribution in [3.63, 3.8) is 0 Å². The molecule has 0 saturated carbocycles. The van der Waals surface area contributed by atoms with Crippen LogP contribution in [0.15, 0.2) is 18.3 Å². The van der Waals surface area contributed by atoms with Crippen molar-refractivity contribution in [2.24, 2.45) is 5.73 Å². The van der Waals surface area contributed by atoms with Crippen LogP contribution in [0.25, 0.3) is 5.65 Å². The van der Waals surface area contributed by atoms with Crippen molar-refractivity contribution in [2.45, 2.75) is 25.5 Å². The van der Waals surface area contributed by atoms with E-state index >= 15 is 0 Å². The molecule has 0 amide bonds. The fourth-order valence-electron chi connectivity index (χ4n) is 1.99. The van der Waals surface area contributed by atoms with Crippen LogP contribution < -0.4 is 5.73 Å². The summed E-state index contributed by atoms with van der Waals surface area (Å²) < 4.78 is 7.34. The van der Waals surface area contributed by atoms with E-state index in [0.29, 0.717) is 6.54 Å². The van der Waals surface area contributed by atoms with E-state index in [1.54, 1.807) is 4.52 Å². The first-order chi connectivity index (χ1) is 7.86. The standard InChI is InChI=1S/C11H14N4O/c12-7-8-3-4-15-10(6-8)13-11(14-15)9-2-1-5-16-9/h3-4,6,9H,1-2,5,7,12H2. The Kier molecular flexibility index (Phi) is 2.34. The van der Waals surface area contributed by atoms with Crippen molar-refractivity contribution < 1.29 is 4.74 Å². The van der Waals surface area contributed by atoms with Crippen molar-refractivity contribution in [1.29, 1.82) is 0 Å². The number of hydrogen-bond donors (Lipinski definition) is 1. The Bertz CT molecular complexity index is 502. The van der Waals surface area contributed by atoms with E-state index < -0.39 is 0 Å². The Morgan fingerprint density at radius 2 is 2.50 bits per heavy atom. The third kappa shape index (κ3) is 1.58. The number of nitrogens with zero attached hydrogens (tertiary/aromatic N) is 3. The fourth-order valence-corrected chi connectivity index (χ4v) is 1.99. The van der Waals surface area contributed by atoms with Gasteiger partial charge >= 0.3 is 0 Å². The minimum Gasteiger partial charge on any atom is -0.370 e. The van der Waals surface area contributed by atoms with E-state index in [0.717, 1.165) is 36.5 Å². The summed E-state index contributed by atoms with van der Waals surface area (Å²) in [5.74, 6) is 0.784. The molecule has 0 spiro atoms. The maximum Gasteiger partial charge on any atom is 0.180 e. The van der Waals surface area contributed by atoms with Gasteiger partial charge in [0, 0.05) is 19.3 Å². The summed E-state index contributed by atoms with van der Waals surface area (Å²) in [4.78, 5) is 4.47. The molecule has 84 valence electrons. The lowest BCUT2D eigenvalue weighted by molar-refractivity contribution is 0.105. The molecule has 2 aromatic rings. The van der Waals surface area contributed by atoms with Crippen LogP contribution in [0.5, 0.6) is 0 Å². The van der Waals surface area contributed by atoms with Crippen LogP contribution in [0.4, 0.5) is 0 Å². The molecule has 0 aromatic carbocycles. The molecule has 0 radical (unpaired) electrons. The van der Waals surface area contributed by atoms with Crippen molar-refractivity contribution in [3.05, 3.63) is 29.7 Å². The lowest BCUT2D eigenvalue weighted by Crippen LogP contribution is -1.98. The van der Waals surface area contributed by atoms with Gasteiger partial charge < -0.3 is 10.5 Å². The first kappa shape index (κ1) is 9.74. The van der Waals surface area contributed by atoms with E-state index in [1.807, 2.05) is 18.3 Å². The van der Waals surface area contributed by atoms with E-state index in [1.165, 1.54) is 0 Å². The fraction of sp³-hybridized carbons (Fsp3) is 0.455. The largest absolute Gasteiger partial charge is 0.370 e. The lowest BCUT2D eigenvalue weighted by atomic mass is 10.2. The van der Waals surface area contributed by atoms with Crippen molar-refractivity contribution in [3.8, 4) is 0 Å². The van der Waals surface area contributed by atoms with E-state index in [9.17, 15) is 0 Å². The van der Waals surface area contributed by atoms with Gasteiger partial charge in [0.15, 0.2) is 11.5 Å². The summed E-state index contributed by atoms with van der Waals surface area (Å²) in [5.41, 5.74) is 7.50. The van der Waals surface area contributed by atoms with Gasteiger partial charge in [-0.25, -0.2) is 9.50 Å². The molecule has 3 rings (SSSR count). The Morgan fingerprint density at radius 1 is 1.56 bits per heavy atom. The molecule has 3 heterocycles. The monoisotopic (exact) mass is 218 g/mol. The van der Waals surface area contributed by atoms with Crippen LogP contribution in [0.1, 0.15) is 30.3 Å². The number of pyridine rings is 1. The molecule has 0 aliphatic carbocycles. The maximum absolute atomic E-state index is 5.59. The zero-order valence-corrected chi connectivity index (χ0v) is 8.97. The number of hydrogen-bond acceptors (Lipinski definition) is 4. The second-order valence-corrected chi connectivity index (χ2v) is 4.01. The zero-order chi connectivity index (χ0) is 11.0. The number of nitrogens with two attached hydrogens (primary N) is 1. The van der Waals surface area contributed by atoms with E-state index in [4.69, 9.17) is 10.5 Å². The Hall–Kier alpha value is -1.46. The van der Waals surface area contributed by atoms with Gasteiger partial charge in [-0.15, -0.1) is 5.10 Å². The average molecular weight is 218 g/mol. The summed E-state index contributed by atoms with van der Waals surface area (Å²) in [6.07, 6.45) is 4.07. The minimum absolute atomic E-state index is 0.0706. The molecule has 1 aliphatic rings. The number of ether oxygens (including phenoxy) is 1. The van der Waals surface area contributed by atoms with Crippen LogP contribution in [0.2, 0.25) is 0 Å². The molecule has 16 heavy (non-hydrogen) atoms. The highest BCUT2D eigenvalue weighted by Crippen LogP contribution is 2.26. The molecule has 5 nitrogen and oxygen atoms in total. The van der Waals surface area contributed by atoms with Crippen LogP contribution in [-0.4, -0.2) is 21.2 Å². The van der Waals surface area contributed by atoms with Crippen LogP contribution >= 0.6 is 0 Å². The van der Waals surface area contributed by atoms with Gasteiger partial charge in [-0.05, 0) is 30.5 Å². The van der Waals surface area contributed by atoms with Crippen molar-refractivity contribution >= 4 is 5.65 Å². The molecule has 1 saturated heterocycles. The van der Waals surface area contributed by atoms with Gasteiger partial charge in [-0.2, -0.15) is 0 Å². The summed E-state index contributed by atoms with van der Waals surface area (Å²) >= 11 is 0. The smallest absolute Gasteiger partial charge is 0.180 e. The van der Waals surface area contributed by atoms with E-state index in [-0.39, 0.29) is 6.10 Å². The summed E-state index contributed by atoms with van der Waals surface area (Å²) in [6, 6.07) is 3.92. The van der Waals surface area contributed by atoms with Crippen molar-refractivity contribution in [2.75, 3.05) is 6.61 Å². The summed E-state index contributed by atoms with van der Waals surface area (Å²) in [7, 11) is 0. The molecule has 2 aromatic heterocycles. The predicted octanol–water partition coefficient (Wildman–Crippen LogP) is 1.04. The van der Waals surface area contributed by atoms with Gasteiger partial charge in [-0.1, -0.05) is 0 Å². The third-order valence-corrected chi connectivity index (χ3v) is 2.87. The molecule has 2 N–H and O–H groups in total. The maximum atomic E-state index is 5.59. The van der Waals surface area contributed by atoms with Crippen LogP contribution in [0.3, 0.4) is 0 Å². The zero-order valence-electron chi connectivity index (χ0n) is 8.97. The highest BCUT2D eigenvalue weighted by atomic mass is 16.5. The first-order valence-corrected chi connectivity index (χ1v) is 5.54. The summed E-state index contributed by atoms with van der Waals surface area (Å²) in [6.45, 7) is 1.34. The minimum atomic E-state index is 0.0706. The SMILES string of the molecule is NCc1ccn2nc(C3CCCO3)nc2c1. The van der Waals surface area contributed by atoms with Gasteiger partial charge in [0.1, 0.15) is 6.10 Å². The number of aromatic nitrogens is 3. The second kappa shape index (κ2) is 3.84.